The zero-order valence-electron chi connectivity index (χ0n) is 11.4. The topological polar surface area (TPSA) is 23.5 Å². The normalized spacial score (nSPS) is 22.7. The number of aliphatic hydroxyl groups excluding tert-OH is 1. The molecule has 2 nitrogen and oxygen atoms in total. The smallest absolute Gasteiger partial charge is 0.128 e. The minimum Gasteiger partial charge on any atom is -0.378 e. The first kappa shape index (κ1) is 14.4. The molecule has 1 N–H and O–H groups in total. The van der Waals surface area contributed by atoms with E-state index in [-0.39, 0.29) is 6.04 Å². The molecular weight excluding hydrogens is 248 g/mol. The fourth-order valence-corrected chi connectivity index (χ4v) is 2.63. The number of benzene rings is 1. The summed E-state index contributed by atoms with van der Waals surface area (Å²) >= 11 is 0. The maximum absolute atomic E-state index is 13.9. The van der Waals surface area contributed by atoms with Crippen molar-refractivity contribution in [3.8, 4) is 0 Å². The second-order valence-electron chi connectivity index (χ2n) is 5.92. The lowest BCUT2D eigenvalue weighted by molar-refractivity contribution is -0.0679. The van der Waals surface area contributed by atoms with E-state index in [1.54, 1.807) is 0 Å². The molecule has 0 aromatic heterocycles. The SMILES string of the molecule is [CH2]C(C)(C)C(O)N1CCC[C@@H]1c1cc(F)ccc1F. The van der Waals surface area contributed by atoms with Crippen LogP contribution in [0.3, 0.4) is 0 Å². The summed E-state index contributed by atoms with van der Waals surface area (Å²) in [6.07, 6.45) is 0.795. The molecular formula is C15H20F2NO. The number of nitrogens with zero attached hydrogens (tertiary/aromatic N) is 1. The van der Waals surface area contributed by atoms with Crippen molar-refractivity contribution >= 4 is 0 Å². The number of rotatable bonds is 3. The molecule has 4 heteroatoms. The molecule has 1 heterocycles. The van der Waals surface area contributed by atoms with Crippen LogP contribution in [0.4, 0.5) is 8.78 Å². The highest BCUT2D eigenvalue weighted by molar-refractivity contribution is 5.23. The molecule has 1 unspecified atom stereocenters. The summed E-state index contributed by atoms with van der Waals surface area (Å²) in [6, 6.07) is 3.19. The molecule has 19 heavy (non-hydrogen) atoms. The van der Waals surface area contributed by atoms with Crippen LogP contribution in [0.25, 0.3) is 0 Å². The predicted octanol–water partition coefficient (Wildman–Crippen LogP) is 3.28. The van der Waals surface area contributed by atoms with Crippen LogP contribution >= 0.6 is 0 Å². The molecule has 0 saturated carbocycles. The third kappa shape index (κ3) is 2.95. The first-order chi connectivity index (χ1) is 8.80. The van der Waals surface area contributed by atoms with Crippen LogP contribution in [0.1, 0.15) is 38.3 Å². The molecule has 2 rings (SSSR count). The lowest BCUT2D eigenvalue weighted by atomic mass is 9.92. The molecule has 1 aliphatic heterocycles. The molecule has 2 atom stereocenters. The Morgan fingerprint density at radius 3 is 2.74 bits per heavy atom. The first-order valence-electron chi connectivity index (χ1n) is 6.55. The maximum atomic E-state index is 13.9. The largest absolute Gasteiger partial charge is 0.378 e. The molecule has 1 saturated heterocycles. The number of aliphatic hydroxyl groups is 1. The summed E-state index contributed by atoms with van der Waals surface area (Å²) in [5, 5.41) is 10.3. The lowest BCUT2D eigenvalue weighted by Gasteiger charge is -2.37. The summed E-state index contributed by atoms with van der Waals surface area (Å²) in [5.74, 6) is -0.876. The van der Waals surface area contributed by atoms with Gasteiger partial charge in [-0.25, -0.2) is 8.78 Å². The summed E-state index contributed by atoms with van der Waals surface area (Å²) < 4.78 is 27.2. The third-order valence-electron chi connectivity index (χ3n) is 3.62. The van der Waals surface area contributed by atoms with Gasteiger partial charge in [-0.1, -0.05) is 13.8 Å². The minimum absolute atomic E-state index is 0.285. The highest BCUT2D eigenvalue weighted by Crippen LogP contribution is 2.38. The van der Waals surface area contributed by atoms with Crippen molar-refractivity contribution in [2.45, 2.75) is 39.0 Å². The maximum Gasteiger partial charge on any atom is 0.128 e. The van der Waals surface area contributed by atoms with E-state index in [0.29, 0.717) is 18.5 Å². The molecule has 1 fully saturated rings. The Kier molecular flexibility index (Phi) is 3.92. The van der Waals surface area contributed by atoms with Gasteiger partial charge in [0.05, 0.1) is 0 Å². The van der Waals surface area contributed by atoms with Gasteiger partial charge in [0.2, 0.25) is 0 Å². The van der Waals surface area contributed by atoms with Crippen LogP contribution in [-0.4, -0.2) is 22.8 Å². The average molecular weight is 268 g/mol. The number of hydrogen-bond acceptors (Lipinski definition) is 2. The molecule has 1 radical (unpaired) electrons. The van der Waals surface area contributed by atoms with Gasteiger partial charge in [-0.3, -0.25) is 4.90 Å². The van der Waals surface area contributed by atoms with E-state index in [9.17, 15) is 13.9 Å². The van der Waals surface area contributed by atoms with Crippen LogP contribution in [0.15, 0.2) is 18.2 Å². The lowest BCUT2D eigenvalue weighted by Crippen LogP contribution is -2.43. The molecule has 0 amide bonds. The van der Waals surface area contributed by atoms with E-state index < -0.39 is 23.3 Å². The summed E-state index contributed by atoms with van der Waals surface area (Å²) in [6.45, 7) is 8.25. The quantitative estimate of drug-likeness (QED) is 0.909. The summed E-state index contributed by atoms with van der Waals surface area (Å²) in [5.41, 5.74) is -0.243. The van der Waals surface area contributed by atoms with Crippen molar-refractivity contribution in [1.82, 2.24) is 4.90 Å². The Bertz CT molecular complexity index is 456. The van der Waals surface area contributed by atoms with E-state index in [4.69, 9.17) is 0 Å². The zero-order valence-corrected chi connectivity index (χ0v) is 11.4. The molecule has 1 aliphatic rings. The van der Waals surface area contributed by atoms with Crippen molar-refractivity contribution in [2.24, 2.45) is 5.41 Å². The van der Waals surface area contributed by atoms with Gasteiger partial charge >= 0.3 is 0 Å². The second-order valence-corrected chi connectivity index (χ2v) is 5.92. The summed E-state index contributed by atoms with van der Waals surface area (Å²) in [4.78, 5) is 1.81. The highest BCUT2D eigenvalue weighted by Gasteiger charge is 2.37. The van der Waals surface area contributed by atoms with Gasteiger partial charge in [0, 0.05) is 23.6 Å². The molecule has 0 spiro atoms. The number of likely N-dealkylation sites (tertiary alicyclic amines) is 1. The van der Waals surface area contributed by atoms with Gasteiger partial charge in [0.15, 0.2) is 0 Å². The Morgan fingerprint density at radius 1 is 1.42 bits per heavy atom. The van der Waals surface area contributed by atoms with Crippen LogP contribution in [0.2, 0.25) is 0 Å². The van der Waals surface area contributed by atoms with Crippen LogP contribution < -0.4 is 0 Å². The Balaban J connectivity index is 2.31. The number of hydrogen-bond donors (Lipinski definition) is 1. The van der Waals surface area contributed by atoms with Gasteiger partial charge in [-0.05, 0) is 38.0 Å². The third-order valence-corrected chi connectivity index (χ3v) is 3.62. The summed E-state index contributed by atoms with van der Waals surface area (Å²) in [7, 11) is 0. The van der Waals surface area contributed by atoms with E-state index >= 15 is 0 Å². The standard InChI is InChI=1S/C15H20F2NO/c1-15(2,3)14(19)18-8-4-5-13(18)11-9-10(16)6-7-12(11)17/h6-7,9,13-14,19H,1,4-5,8H2,2-3H3/t13-,14?/m1/s1. The van der Waals surface area contributed by atoms with Gasteiger partial charge in [-0.15, -0.1) is 0 Å². The van der Waals surface area contributed by atoms with Crippen molar-refractivity contribution in [3.05, 3.63) is 42.3 Å². The van der Waals surface area contributed by atoms with E-state index in [1.165, 1.54) is 6.07 Å². The van der Waals surface area contributed by atoms with Gasteiger partial charge in [-0.2, -0.15) is 0 Å². The van der Waals surface area contributed by atoms with Crippen molar-refractivity contribution < 1.29 is 13.9 Å². The van der Waals surface area contributed by atoms with Crippen molar-refractivity contribution in [2.75, 3.05) is 6.54 Å². The Labute approximate surface area is 113 Å². The van der Waals surface area contributed by atoms with Gasteiger partial charge in [0.25, 0.3) is 0 Å². The fourth-order valence-electron chi connectivity index (χ4n) is 2.63. The van der Waals surface area contributed by atoms with Crippen molar-refractivity contribution in [3.63, 3.8) is 0 Å². The van der Waals surface area contributed by atoms with Crippen LogP contribution in [-0.2, 0) is 0 Å². The minimum atomic E-state index is -0.775. The molecule has 1 aromatic carbocycles. The van der Waals surface area contributed by atoms with Gasteiger partial charge in [0.1, 0.15) is 17.9 Å². The van der Waals surface area contributed by atoms with Gasteiger partial charge < -0.3 is 5.11 Å². The molecule has 0 aliphatic carbocycles. The van der Waals surface area contributed by atoms with Crippen molar-refractivity contribution in [1.29, 1.82) is 0 Å². The van der Waals surface area contributed by atoms with E-state index in [0.717, 1.165) is 18.6 Å². The van der Waals surface area contributed by atoms with Crippen LogP contribution in [0, 0.1) is 24.0 Å². The molecule has 1 aromatic rings. The molecule has 0 bridgehead atoms. The van der Waals surface area contributed by atoms with E-state index in [1.807, 2.05) is 18.7 Å². The average Bonchev–Trinajstić information content (AvgIpc) is 2.78. The predicted molar refractivity (Wildman–Crippen MR) is 70.2 cm³/mol. The number of halogens is 2. The van der Waals surface area contributed by atoms with Crippen LogP contribution in [0.5, 0.6) is 0 Å². The fraction of sp³-hybridized carbons (Fsp3) is 0.533. The zero-order chi connectivity index (χ0) is 14.2. The Morgan fingerprint density at radius 2 is 2.11 bits per heavy atom. The first-order valence-corrected chi connectivity index (χ1v) is 6.55. The van der Waals surface area contributed by atoms with E-state index in [2.05, 4.69) is 6.92 Å². The highest BCUT2D eigenvalue weighted by atomic mass is 19.1. The Hall–Kier alpha value is -1.00. The monoisotopic (exact) mass is 268 g/mol. The molecule has 105 valence electrons. The second kappa shape index (κ2) is 5.17.